The SMILES string of the molecule is CCC(=O)Oc1c(C)cc(/C=C2\N=C(c3ccccc3C)OC2=O)cc1C. The van der Waals surface area contributed by atoms with E-state index < -0.39 is 5.97 Å². The minimum Gasteiger partial charge on any atom is -0.426 e. The van der Waals surface area contributed by atoms with Crippen molar-refractivity contribution in [2.75, 3.05) is 0 Å². The fourth-order valence-corrected chi connectivity index (χ4v) is 2.91. The molecule has 0 saturated heterocycles. The number of hydrogen-bond acceptors (Lipinski definition) is 5. The van der Waals surface area contributed by atoms with Crippen molar-refractivity contribution in [1.29, 1.82) is 0 Å². The first-order chi connectivity index (χ1) is 12.9. The van der Waals surface area contributed by atoms with Gasteiger partial charge in [-0.05, 0) is 67.3 Å². The molecule has 138 valence electrons. The Kier molecular flexibility index (Phi) is 5.21. The van der Waals surface area contributed by atoms with Gasteiger partial charge in [0, 0.05) is 12.0 Å². The minimum atomic E-state index is -0.481. The Morgan fingerprint density at radius 3 is 2.41 bits per heavy atom. The second-order valence-electron chi connectivity index (χ2n) is 6.46. The van der Waals surface area contributed by atoms with E-state index in [-0.39, 0.29) is 11.7 Å². The van der Waals surface area contributed by atoms with Crippen molar-refractivity contribution in [1.82, 2.24) is 0 Å². The molecule has 1 aliphatic rings. The Labute approximate surface area is 158 Å². The molecular weight excluding hydrogens is 342 g/mol. The highest BCUT2D eigenvalue weighted by molar-refractivity contribution is 6.13. The van der Waals surface area contributed by atoms with Gasteiger partial charge in [-0.2, -0.15) is 0 Å². The largest absolute Gasteiger partial charge is 0.426 e. The second kappa shape index (κ2) is 7.58. The third kappa shape index (κ3) is 3.97. The average molecular weight is 363 g/mol. The molecule has 0 fully saturated rings. The van der Waals surface area contributed by atoms with Crippen LogP contribution in [0.2, 0.25) is 0 Å². The van der Waals surface area contributed by atoms with Crippen LogP contribution in [0, 0.1) is 20.8 Å². The maximum absolute atomic E-state index is 12.2. The quantitative estimate of drug-likeness (QED) is 0.462. The monoisotopic (exact) mass is 363 g/mol. The Hall–Kier alpha value is -3.21. The number of aryl methyl sites for hydroxylation is 3. The predicted octanol–water partition coefficient (Wildman–Crippen LogP) is 4.27. The molecule has 0 aliphatic carbocycles. The van der Waals surface area contributed by atoms with Gasteiger partial charge in [0.25, 0.3) is 0 Å². The molecule has 0 spiro atoms. The molecule has 0 N–H and O–H groups in total. The summed E-state index contributed by atoms with van der Waals surface area (Å²) in [7, 11) is 0. The van der Waals surface area contributed by atoms with Crippen molar-refractivity contribution < 1.29 is 19.1 Å². The van der Waals surface area contributed by atoms with Crippen LogP contribution in [-0.4, -0.2) is 17.8 Å². The van der Waals surface area contributed by atoms with Crippen LogP contribution in [0.1, 0.15) is 41.2 Å². The highest BCUT2D eigenvalue weighted by atomic mass is 16.6. The van der Waals surface area contributed by atoms with Crippen molar-refractivity contribution >= 4 is 23.9 Å². The first-order valence-corrected chi connectivity index (χ1v) is 8.79. The molecule has 0 amide bonds. The van der Waals surface area contributed by atoms with E-state index >= 15 is 0 Å². The molecule has 0 radical (unpaired) electrons. The van der Waals surface area contributed by atoms with E-state index in [1.165, 1.54) is 0 Å². The van der Waals surface area contributed by atoms with Gasteiger partial charge in [0.1, 0.15) is 5.75 Å². The summed E-state index contributed by atoms with van der Waals surface area (Å²) in [6.07, 6.45) is 1.99. The smallest absolute Gasteiger partial charge is 0.363 e. The summed E-state index contributed by atoms with van der Waals surface area (Å²) >= 11 is 0. The van der Waals surface area contributed by atoms with E-state index in [0.29, 0.717) is 18.1 Å². The van der Waals surface area contributed by atoms with Gasteiger partial charge in [0.2, 0.25) is 5.90 Å². The van der Waals surface area contributed by atoms with Gasteiger partial charge in [-0.3, -0.25) is 4.79 Å². The Morgan fingerprint density at radius 1 is 1.11 bits per heavy atom. The van der Waals surface area contributed by atoms with Crippen molar-refractivity contribution in [3.8, 4) is 5.75 Å². The van der Waals surface area contributed by atoms with E-state index in [0.717, 1.165) is 27.8 Å². The molecule has 0 aromatic heterocycles. The summed E-state index contributed by atoms with van der Waals surface area (Å²) in [5, 5.41) is 0. The lowest BCUT2D eigenvalue weighted by atomic mass is 10.0. The van der Waals surface area contributed by atoms with Crippen LogP contribution in [0.3, 0.4) is 0 Å². The third-order valence-electron chi connectivity index (χ3n) is 4.29. The maximum Gasteiger partial charge on any atom is 0.363 e. The molecule has 2 aromatic rings. The van der Waals surface area contributed by atoms with Gasteiger partial charge < -0.3 is 9.47 Å². The van der Waals surface area contributed by atoms with Gasteiger partial charge in [-0.1, -0.05) is 25.1 Å². The van der Waals surface area contributed by atoms with Crippen LogP contribution in [0.15, 0.2) is 47.1 Å². The second-order valence-corrected chi connectivity index (χ2v) is 6.46. The zero-order valence-electron chi connectivity index (χ0n) is 15.8. The zero-order valence-corrected chi connectivity index (χ0v) is 15.8. The Balaban J connectivity index is 1.93. The molecule has 0 bridgehead atoms. The standard InChI is InChI=1S/C22H21NO4/c1-5-19(24)26-20-14(3)10-16(11-15(20)4)12-18-22(25)27-21(23-18)17-9-7-6-8-13(17)2/h6-12H,5H2,1-4H3/b18-12-. The molecule has 27 heavy (non-hydrogen) atoms. The lowest BCUT2D eigenvalue weighted by Crippen LogP contribution is -2.08. The van der Waals surface area contributed by atoms with Crippen LogP contribution in [0.4, 0.5) is 0 Å². The summed E-state index contributed by atoms with van der Waals surface area (Å²) in [5.74, 6) is 0.109. The van der Waals surface area contributed by atoms with E-state index in [1.807, 2.05) is 57.2 Å². The summed E-state index contributed by atoms with van der Waals surface area (Å²) in [4.78, 5) is 28.2. The number of ether oxygens (including phenoxy) is 2. The number of hydrogen-bond donors (Lipinski definition) is 0. The summed E-state index contributed by atoms with van der Waals surface area (Å²) in [5.41, 5.74) is 4.45. The van der Waals surface area contributed by atoms with Gasteiger partial charge in [-0.15, -0.1) is 0 Å². The van der Waals surface area contributed by atoms with E-state index in [4.69, 9.17) is 9.47 Å². The normalized spacial score (nSPS) is 14.9. The summed E-state index contributed by atoms with van der Waals surface area (Å²) < 4.78 is 10.7. The third-order valence-corrected chi connectivity index (χ3v) is 4.29. The number of rotatable bonds is 4. The molecule has 5 heteroatoms. The lowest BCUT2D eigenvalue weighted by Gasteiger charge is -2.11. The van der Waals surface area contributed by atoms with Crippen molar-refractivity contribution in [2.24, 2.45) is 4.99 Å². The van der Waals surface area contributed by atoms with Gasteiger partial charge >= 0.3 is 11.9 Å². The fourth-order valence-electron chi connectivity index (χ4n) is 2.91. The molecule has 1 heterocycles. The predicted molar refractivity (Wildman–Crippen MR) is 104 cm³/mol. The van der Waals surface area contributed by atoms with Crippen molar-refractivity contribution in [3.63, 3.8) is 0 Å². The fraction of sp³-hybridized carbons (Fsp3) is 0.227. The summed E-state index contributed by atoms with van der Waals surface area (Å²) in [6, 6.07) is 11.3. The highest BCUT2D eigenvalue weighted by Gasteiger charge is 2.25. The molecule has 2 aromatic carbocycles. The first kappa shape index (κ1) is 18.6. The Morgan fingerprint density at radius 2 is 1.78 bits per heavy atom. The van der Waals surface area contributed by atoms with Crippen LogP contribution in [-0.2, 0) is 14.3 Å². The zero-order chi connectivity index (χ0) is 19.6. The summed E-state index contributed by atoms with van der Waals surface area (Å²) in [6.45, 7) is 7.42. The highest BCUT2D eigenvalue weighted by Crippen LogP contribution is 2.28. The lowest BCUT2D eigenvalue weighted by molar-refractivity contribution is -0.134. The molecule has 1 aliphatic heterocycles. The van der Waals surface area contributed by atoms with E-state index in [9.17, 15) is 9.59 Å². The molecule has 3 rings (SSSR count). The van der Waals surface area contributed by atoms with Gasteiger partial charge in [0.15, 0.2) is 5.70 Å². The minimum absolute atomic E-state index is 0.241. The number of carbonyl (C=O) groups is 2. The number of benzene rings is 2. The van der Waals surface area contributed by atoms with Crippen molar-refractivity contribution in [3.05, 3.63) is 69.9 Å². The van der Waals surface area contributed by atoms with Crippen molar-refractivity contribution in [2.45, 2.75) is 34.1 Å². The topological polar surface area (TPSA) is 65.0 Å². The maximum atomic E-state index is 12.2. The number of cyclic esters (lactones) is 1. The van der Waals surface area contributed by atoms with Crippen LogP contribution in [0.25, 0.3) is 6.08 Å². The molecule has 0 unspecified atom stereocenters. The van der Waals surface area contributed by atoms with Crippen LogP contribution >= 0.6 is 0 Å². The number of esters is 2. The van der Waals surface area contributed by atoms with E-state index in [1.54, 1.807) is 13.0 Å². The number of carbonyl (C=O) groups excluding carboxylic acids is 2. The molecule has 5 nitrogen and oxygen atoms in total. The molecule has 0 saturated carbocycles. The molecular formula is C22H21NO4. The first-order valence-electron chi connectivity index (χ1n) is 8.79. The van der Waals surface area contributed by atoms with Crippen LogP contribution in [0.5, 0.6) is 5.75 Å². The number of nitrogens with zero attached hydrogens (tertiary/aromatic N) is 1. The van der Waals surface area contributed by atoms with E-state index in [2.05, 4.69) is 4.99 Å². The van der Waals surface area contributed by atoms with Crippen LogP contribution < -0.4 is 4.74 Å². The van der Waals surface area contributed by atoms with Gasteiger partial charge in [-0.25, -0.2) is 9.79 Å². The Bertz CT molecular complexity index is 963. The number of aliphatic imine (C=N–C) groups is 1. The van der Waals surface area contributed by atoms with Gasteiger partial charge in [0.05, 0.1) is 0 Å². The molecule has 0 atom stereocenters. The average Bonchev–Trinajstić information content (AvgIpc) is 2.98.